The first-order valence-electron chi connectivity index (χ1n) is 11.8. The number of nitrogens with one attached hydrogen (secondary N) is 2. The van der Waals surface area contributed by atoms with Crippen LogP contribution in [0.1, 0.15) is 56.1 Å². The molecule has 0 amide bonds. The van der Waals surface area contributed by atoms with Gasteiger partial charge in [-0.2, -0.15) is 0 Å². The van der Waals surface area contributed by atoms with Crippen LogP contribution in [0.2, 0.25) is 0 Å². The first-order valence-corrected chi connectivity index (χ1v) is 11.8. The van der Waals surface area contributed by atoms with E-state index >= 15 is 0 Å². The van der Waals surface area contributed by atoms with Gasteiger partial charge in [0.1, 0.15) is 0 Å². The third-order valence-electron chi connectivity index (χ3n) is 6.46. The molecular formula is C28H34N4. The second-order valence-corrected chi connectivity index (χ2v) is 8.97. The molecule has 1 aliphatic heterocycles. The van der Waals surface area contributed by atoms with E-state index in [0.717, 1.165) is 29.8 Å². The zero-order valence-electron chi connectivity index (χ0n) is 19.1. The predicted molar refractivity (Wildman–Crippen MR) is 134 cm³/mol. The van der Waals surface area contributed by atoms with Crippen LogP contribution >= 0.6 is 0 Å². The lowest BCUT2D eigenvalue weighted by Gasteiger charge is -2.23. The highest BCUT2D eigenvalue weighted by atomic mass is 15.1. The number of likely N-dealkylation sites (tertiary alicyclic amines) is 1. The minimum absolute atomic E-state index is 0.232. The summed E-state index contributed by atoms with van der Waals surface area (Å²) in [7, 11) is 0. The molecule has 0 saturated carbocycles. The van der Waals surface area contributed by atoms with E-state index in [1.165, 1.54) is 49.9 Å². The van der Waals surface area contributed by atoms with Gasteiger partial charge in [0, 0.05) is 36.1 Å². The van der Waals surface area contributed by atoms with Crippen LogP contribution in [0.15, 0.2) is 84.4 Å². The number of benzene rings is 1. The van der Waals surface area contributed by atoms with Gasteiger partial charge in [0.25, 0.3) is 0 Å². The Bertz CT molecular complexity index is 1010. The smallest absolute Gasteiger partial charge is 0.0840 e. The number of nitrogens with zero attached hydrogens (tertiary/aromatic N) is 2. The fraction of sp³-hybridized carbons (Fsp3) is 0.357. The van der Waals surface area contributed by atoms with Crippen LogP contribution in [0.25, 0.3) is 0 Å². The van der Waals surface area contributed by atoms with Crippen LogP contribution in [0.3, 0.4) is 0 Å². The molecule has 0 spiro atoms. The fourth-order valence-electron chi connectivity index (χ4n) is 4.60. The van der Waals surface area contributed by atoms with Crippen molar-refractivity contribution in [3.05, 3.63) is 95.5 Å². The maximum absolute atomic E-state index is 8.76. The summed E-state index contributed by atoms with van der Waals surface area (Å²) < 4.78 is 0. The Hall–Kier alpha value is -2.98. The minimum Gasteiger partial charge on any atom is -0.354 e. The summed E-state index contributed by atoms with van der Waals surface area (Å²) in [4.78, 5) is 7.13. The fourth-order valence-corrected chi connectivity index (χ4v) is 4.60. The molecule has 4 nitrogen and oxygen atoms in total. The van der Waals surface area contributed by atoms with Gasteiger partial charge in [-0.25, -0.2) is 0 Å². The number of allylic oxidation sites excluding steroid dienone is 4. The Labute approximate surface area is 192 Å². The molecule has 4 rings (SSSR count). The van der Waals surface area contributed by atoms with Gasteiger partial charge < -0.3 is 5.32 Å². The molecule has 2 heterocycles. The van der Waals surface area contributed by atoms with Gasteiger partial charge in [-0.15, -0.1) is 0 Å². The molecule has 2 aromatic rings. The Morgan fingerprint density at radius 3 is 2.62 bits per heavy atom. The summed E-state index contributed by atoms with van der Waals surface area (Å²) in [5.74, 6) is 0.232. The lowest BCUT2D eigenvalue weighted by Crippen LogP contribution is -2.24. The number of hydrogen-bond acceptors (Lipinski definition) is 4. The van der Waals surface area contributed by atoms with E-state index in [9.17, 15) is 0 Å². The van der Waals surface area contributed by atoms with Gasteiger partial charge in [0.15, 0.2) is 0 Å². The number of anilines is 1. The van der Waals surface area contributed by atoms with Crippen molar-refractivity contribution in [2.75, 3.05) is 18.4 Å². The lowest BCUT2D eigenvalue weighted by atomic mass is 9.84. The normalized spacial score (nSPS) is 19.5. The third kappa shape index (κ3) is 5.63. The topological polar surface area (TPSA) is 52.0 Å². The summed E-state index contributed by atoms with van der Waals surface area (Å²) >= 11 is 0. The molecule has 2 N–H and O–H groups in total. The van der Waals surface area contributed by atoms with Crippen LogP contribution in [0.5, 0.6) is 0 Å². The van der Waals surface area contributed by atoms with Crippen molar-refractivity contribution in [3.8, 4) is 0 Å². The SMILES string of the molecule is C=C(Nc1ccccc1)C(=N)C1=CC(c2cncc(CN3CCCCCC3)c2)CC=C1C. The Kier molecular flexibility index (Phi) is 7.33. The molecule has 4 heteroatoms. The molecule has 32 heavy (non-hydrogen) atoms. The Balaban J connectivity index is 1.48. The first kappa shape index (κ1) is 22.2. The van der Waals surface area contributed by atoms with Crippen LogP contribution in [-0.2, 0) is 6.54 Å². The molecule has 1 fully saturated rings. The number of aromatic nitrogens is 1. The molecule has 1 atom stereocenters. The predicted octanol–water partition coefficient (Wildman–Crippen LogP) is 6.46. The van der Waals surface area contributed by atoms with E-state index in [1.54, 1.807) is 0 Å². The second-order valence-electron chi connectivity index (χ2n) is 8.97. The minimum atomic E-state index is 0.232. The van der Waals surface area contributed by atoms with E-state index in [1.807, 2.05) is 42.7 Å². The van der Waals surface area contributed by atoms with Crippen molar-refractivity contribution < 1.29 is 0 Å². The van der Waals surface area contributed by atoms with Crippen molar-refractivity contribution in [3.63, 3.8) is 0 Å². The molecular weight excluding hydrogens is 392 g/mol. The lowest BCUT2D eigenvalue weighted by molar-refractivity contribution is 0.276. The summed E-state index contributed by atoms with van der Waals surface area (Å²) in [6.07, 6.45) is 14.7. The zero-order chi connectivity index (χ0) is 22.3. The summed E-state index contributed by atoms with van der Waals surface area (Å²) in [6.45, 7) is 9.56. The molecule has 0 radical (unpaired) electrons. The van der Waals surface area contributed by atoms with Crippen molar-refractivity contribution in [2.24, 2.45) is 0 Å². The monoisotopic (exact) mass is 426 g/mol. The van der Waals surface area contributed by atoms with Gasteiger partial charge in [0.2, 0.25) is 0 Å². The molecule has 1 saturated heterocycles. The van der Waals surface area contributed by atoms with Gasteiger partial charge in [-0.05, 0) is 68.1 Å². The average molecular weight is 427 g/mol. The zero-order valence-corrected chi connectivity index (χ0v) is 19.1. The highest BCUT2D eigenvalue weighted by Gasteiger charge is 2.20. The number of para-hydroxylation sites is 1. The molecule has 1 unspecified atom stereocenters. The van der Waals surface area contributed by atoms with Crippen molar-refractivity contribution >= 4 is 11.4 Å². The largest absolute Gasteiger partial charge is 0.354 e. The molecule has 1 aliphatic carbocycles. The molecule has 166 valence electrons. The van der Waals surface area contributed by atoms with E-state index in [0.29, 0.717) is 11.4 Å². The Morgan fingerprint density at radius 1 is 1.12 bits per heavy atom. The number of hydrogen-bond donors (Lipinski definition) is 2. The highest BCUT2D eigenvalue weighted by molar-refractivity contribution is 6.14. The molecule has 1 aromatic heterocycles. The molecule has 2 aliphatic rings. The Morgan fingerprint density at radius 2 is 1.88 bits per heavy atom. The quantitative estimate of drug-likeness (QED) is 0.499. The maximum Gasteiger partial charge on any atom is 0.0840 e. The first-order chi connectivity index (χ1) is 15.6. The van der Waals surface area contributed by atoms with Crippen LogP contribution in [-0.4, -0.2) is 28.7 Å². The van der Waals surface area contributed by atoms with Gasteiger partial charge in [0.05, 0.1) is 11.4 Å². The second kappa shape index (κ2) is 10.6. The molecule has 0 bridgehead atoms. The highest BCUT2D eigenvalue weighted by Crippen LogP contribution is 2.32. The van der Waals surface area contributed by atoms with Gasteiger partial charge >= 0.3 is 0 Å². The molecule has 1 aromatic carbocycles. The van der Waals surface area contributed by atoms with E-state index in [4.69, 9.17) is 5.41 Å². The number of rotatable bonds is 7. The van der Waals surface area contributed by atoms with Crippen molar-refractivity contribution in [1.29, 1.82) is 5.41 Å². The van der Waals surface area contributed by atoms with E-state index < -0.39 is 0 Å². The summed E-state index contributed by atoms with van der Waals surface area (Å²) in [6, 6.07) is 12.2. The van der Waals surface area contributed by atoms with Crippen molar-refractivity contribution in [1.82, 2.24) is 9.88 Å². The van der Waals surface area contributed by atoms with Crippen LogP contribution in [0.4, 0.5) is 5.69 Å². The van der Waals surface area contributed by atoms with Gasteiger partial charge in [-0.3, -0.25) is 15.3 Å². The number of pyridine rings is 1. The van der Waals surface area contributed by atoms with Crippen molar-refractivity contribution in [2.45, 2.75) is 51.5 Å². The standard InChI is InChI=1S/C28H34N4/c1-21-12-13-24(17-27(21)28(29)22(2)31-26-10-6-5-7-11-26)25-16-23(18-30-19-25)20-32-14-8-3-4-9-15-32/h5-7,10-12,16-19,24,29,31H,2-4,8-9,13-15,20H2,1H3. The summed E-state index contributed by atoms with van der Waals surface area (Å²) in [5, 5.41) is 12.0. The van der Waals surface area contributed by atoms with Gasteiger partial charge in [-0.1, -0.05) is 55.8 Å². The van der Waals surface area contributed by atoms with Crippen LogP contribution < -0.4 is 5.32 Å². The van der Waals surface area contributed by atoms with E-state index in [2.05, 4.69) is 46.9 Å². The van der Waals surface area contributed by atoms with Crippen LogP contribution in [0, 0.1) is 5.41 Å². The maximum atomic E-state index is 8.76. The third-order valence-corrected chi connectivity index (χ3v) is 6.46. The van der Waals surface area contributed by atoms with E-state index in [-0.39, 0.29) is 5.92 Å². The summed E-state index contributed by atoms with van der Waals surface area (Å²) in [5.41, 5.74) is 6.61. The average Bonchev–Trinajstić information content (AvgIpc) is 3.08.